The minimum atomic E-state index is -1.01. The number of methoxy groups -OCH3 is 1. The molecule has 2 N–H and O–H groups in total. The van der Waals surface area contributed by atoms with Crippen LogP contribution in [0, 0.1) is 0 Å². The van der Waals surface area contributed by atoms with E-state index in [1.807, 2.05) is 60.7 Å². The number of amides is 1. The van der Waals surface area contributed by atoms with Crippen LogP contribution in [0.15, 0.2) is 60.7 Å². The molecule has 2 aromatic rings. The Bertz CT molecular complexity index is 772. The number of carbonyl (C=O) groups excluding carboxylic acids is 1. The molecular formula is C23H29NO6. The van der Waals surface area contributed by atoms with E-state index in [4.69, 9.17) is 18.9 Å². The van der Waals surface area contributed by atoms with Crippen molar-refractivity contribution in [1.29, 1.82) is 0 Å². The molecule has 1 heterocycles. The number of hydrogen-bond donors (Lipinski definition) is 2. The molecule has 0 aromatic heterocycles. The lowest BCUT2D eigenvalue weighted by atomic mass is 9.96. The van der Waals surface area contributed by atoms with Crippen molar-refractivity contribution in [2.75, 3.05) is 13.7 Å². The Morgan fingerprint density at radius 3 is 2.20 bits per heavy atom. The second-order valence-corrected chi connectivity index (χ2v) is 7.26. The first-order chi connectivity index (χ1) is 14.6. The number of rotatable bonds is 9. The second-order valence-electron chi connectivity index (χ2n) is 7.26. The van der Waals surface area contributed by atoms with Crippen LogP contribution in [-0.2, 0) is 37.0 Å². The van der Waals surface area contributed by atoms with Crippen LogP contribution < -0.4 is 5.32 Å². The van der Waals surface area contributed by atoms with Crippen molar-refractivity contribution in [3.05, 3.63) is 71.8 Å². The number of aliphatic hydroxyl groups excluding tert-OH is 1. The Kier molecular flexibility index (Phi) is 8.36. The highest BCUT2D eigenvalue weighted by Gasteiger charge is 2.46. The van der Waals surface area contributed by atoms with E-state index in [9.17, 15) is 9.90 Å². The molecule has 0 radical (unpaired) electrons. The molecule has 2 aromatic carbocycles. The normalized spacial score (nSPS) is 26.3. The van der Waals surface area contributed by atoms with E-state index in [1.165, 1.54) is 14.0 Å². The Morgan fingerprint density at radius 1 is 1.03 bits per heavy atom. The molecule has 3 rings (SSSR count). The Morgan fingerprint density at radius 2 is 1.63 bits per heavy atom. The maximum atomic E-state index is 11.7. The summed E-state index contributed by atoms with van der Waals surface area (Å²) in [5.41, 5.74) is 1.99. The maximum absolute atomic E-state index is 11.7. The smallest absolute Gasteiger partial charge is 0.217 e. The third kappa shape index (κ3) is 6.10. The van der Waals surface area contributed by atoms with E-state index in [0.29, 0.717) is 6.61 Å². The largest absolute Gasteiger partial charge is 0.388 e. The first kappa shape index (κ1) is 22.4. The van der Waals surface area contributed by atoms with Crippen molar-refractivity contribution < 1.29 is 28.8 Å². The molecule has 7 nitrogen and oxygen atoms in total. The Balaban J connectivity index is 1.68. The summed E-state index contributed by atoms with van der Waals surface area (Å²) >= 11 is 0. The van der Waals surface area contributed by atoms with Gasteiger partial charge in [0.2, 0.25) is 5.91 Å². The van der Waals surface area contributed by atoms with Crippen LogP contribution in [0.2, 0.25) is 0 Å². The van der Waals surface area contributed by atoms with Crippen molar-refractivity contribution in [2.24, 2.45) is 0 Å². The van der Waals surface area contributed by atoms with Crippen molar-refractivity contribution in [1.82, 2.24) is 5.32 Å². The molecule has 1 saturated heterocycles. The molecule has 162 valence electrons. The van der Waals surface area contributed by atoms with Gasteiger partial charge >= 0.3 is 0 Å². The minimum Gasteiger partial charge on any atom is -0.388 e. The van der Waals surface area contributed by atoms with Gasteiger partial charge in [0.1, 0.15) is 24.4 Å². The number of nitrogens with one attached hydrogen (secondary N) is 1. The van der Waals surface area contributed by atoms with E-state index in [0.717, 1.165) is 11.1 Å². The van der Waals surface area contributed by atoms with Crippen LogP contribution in [0.3, 0.4) is 0 Å². The molecule has 1 aliphatic heterocycles. The van der Waals surface area contributed by atoms with E-state index in [-0.39, 0.29) is 19.1 Å². The molecule has 0 spiro atoms. The summed E-state index contributed by atoms with van der Waals surface area (Å²) in [7, 11) is 1.49. The van der Waals surface area contributed by atoms with Gasteiger partial charge in [-0.1, -0.05) is 60.7 Å². The van der Waals surface area contributed by atoms with Gasteiger partial charge in [0.25, 0.3) is 0 Å². The highest BCUT2D eigenvalue weighted by atomic mass is 16.7. The number of benzene rings is 2. The summed E-state index contributed by atoms with van der Waals surface area (Å²) in [6.07, 6.45) is -3.17. The van der Waals surface area contributed by atoms with E-state index in [1.54, 1.807) is 0 Å². The molecular weight excluding hydrogens is 386 g/mol. The highest BCUT2D eigenvalue weighted by Crippen LogP contribution is 2.26. The van der Waals surface area contributed by atoms with Gasteiger partial charge in [-0.2, -0.15) is 0 Å². The predicted octanol–water partition coefficient (Wildman–Crippen LogP) is 2.03. The SMILES string of the molecule is COC1OC(COCc2ccccc2)C(O)C(OCc2ccccc2)C1NC(C)=O. The second kappa shape index (κ2) is 11.2. The fraction of sp³-hybridized carbons (Fsp3) is 0.435. The first-order valence-electron chi connectivity index (χ1n) is 9.99. The highest BCUT2D eigenvalue weighted by molar-refractivity contribution is 5.73. The lowest BCUT2D eigenvalue weighted by Crippen LogP contribution is -2.65. The molecule has 7 heteroatoms. The third-order valence-electron chi connectivity index (χ3n) is 4.95. The average molecular weight is 415 g/mol. The quantitative estimate of drug-likeness (QED) is 0.652. The number of ether oxygens (including phenoxy) is 4. The van der Waals surface area contributed by atoms with Crippen LogP contribution in [0.1, 0.15) is 18.1 Å². The van der Waals surface area contributed by atoms with Gasteiger partial charge in [0.15, 0.2) is 6.29 Å². The van der Waals surface area contributed by atoms with Gasteiger partial charge in [-0.05, 0) is 11.1 Å². The van der Waals surface area contributed by atoms with Crippen LogP contribution >= 0.6 is 0 Å². The summed E-state index contributed by atoms with van der Waals surface area (Å²) in [6.45, 7) is 2.25. The zero-order valence-corrected chi connectivity index (χ0v) is 17.3. The molecule has 0 saturated carbocycles. The topological polar surface area (TPSA) is 86.2 Å². The minimum absolute atomic E-state index is 0.161. The summed E-state index contributed by atoms with van der Waals surface area (Å²) < 4.78 is 23.1. The van der Waals surface area contributed by atoms with E-state index < -0.39 is 30.6 Å². The maximum Gasteiger partial charge on any atom is 0.217 e. The lowest BCUT2D eigenvalue weighted by molar-refractivity contribution is -0.274. The third-order valence-corrected chi connectivity index (χ3v) is 4.95. The Labute approximate surface area is 176 Å². The zero-order chi connectivity index (χ0) is 21.3. The number of carbonyl (C=O) groups is 1. The monoisotopic (exact) mass is 415 g/mol. The van der Waals surface area contributed by atoms with E-state index >= 15 is 0 Å². The fourth-order valence-electron chi connectivity index (χ4n) is 3.48. The fourth-order valence-corrected chi connectivity index (χ4v) is 3.48. The summed E-state index contributed by atoms with van der Waals surface area (Å²) in [6, 6.07) is 18.7. The molecule has 0 bridgehead atoms. The molecule has 1 aliphatic rings. The van der Waals surface area contributed by atoms with Gasteiger partial charge < -0.3 is 29.4 Å². The van der Waals surface area contributed by atoms with Crippen molar-refractivity contribution in [3.63, 3.8) is 0 Å². The molecule has 1 amide bonds. The summed E-state index contributed by atoms with van der Waals surface area (Å²) in [5, 5.41) is 13.8. The van der Waals surface area contributed by atoms with Gasteiger partial charge in [-0.25, -0.2) is 0 Å². The average Bonchev–Trinajstić information content (AvgIpc) is 2.76. The number of hydrogen-bond acceptors (Lipinski definition) is 6. The van der Waals surface area contributed by atoms with Gasteiger partial charge in [0, 0.05) is 14.0 Å². The Hall–Kier alpha value is -2.29. The predicted molar refractivity (Wildman–Crippen MR) is 110 cm³/mol. The lowest BCUT2D eigenvalue weighted by Gasteiger charge is -2.44. The van der Waals surface area contributed by atoms with Crippen molar-refractivity contribution >= 4 is 5.91 Å². The van der Waals surface area contributed by atoms with Gasteiger partial charge in [0.05, 0.1) is 19.8 Å². The molecule has 5 unspecified atom stereocenters. The van der Waals surface area contributed by atoms with Crippen LogP contribution in [0.25, 0.3) is 0 Å². The van der Waals surface area contributed by atoms with Gasteiger partial charge in [-0.3, -0.25) is 4.79 Å². The molecule has 1 fully saturated rings. The van der Waals surface area contributed by atoms with Crippen LogP contribution in [0.5, 0.6) is 0 Å². The summed E-state index contributed by atoms with van der Waals surface area (Å²) in [4.78, 5) is 11.7. The molecule has 0 aliphatic carbocycles. The molecule has 5 atom stereocenters. The standard InChI is InChI=1S/C23H29NO6/c1-16(25)24-20-22(29-14-18-11-7-4-8-12-18)21(26)19(30-23(20)27-2)15-28-13-17-9-5-3-6-10-17/h3-12,19-23,26H,13-15H2,1-2H3,(H,24,25). The molecule has 30 heavy (non-hydrogen) atoms. The van der Waals surface area contributed by atoms with Gasteiger partial charge in [-0.15, -0.1) is 0 Å². The van der Waals surface area contributed by atoms with Crippen molar-refractivity contribution in [2.45, 2.75) is 50.8 Å². The van der Waals surface area contributed by atoms with Crippen molar-refractivity contribution in [3.8, 4) is 0 Å². The first-order valence-corrected chi connectivity index (χ1v) is 9.99. The number of aliphatic hydroxyl groups is 1. The van der Waals surface area contributed by atoms with Crippen LogP contribution in [0.4, 0.5) is 0 Å². The van der Waals surface area contributed by atoms with E-state index in [2.05, 4.69) is 5.32 Å². The summed E-state index contributed by atoms with van der Waals surface area (Å²) in [5.74, 6) is -0.259. The van der Waals surface area contributed by atoms with Crippen LogP contribution in [-0.4, -0.2) is 55.4 Å². The zero-order valence-electron chi connectivity index (χ0n) is 17.3.